The van der Waals surface area contributed by atoms with Gasteiger partial charge in [0.15, 0.2) is 0 Å². The summed E-state index contributed by atoms with van der Waals surface area (Å²) in [5.41, 5.74) is 1.41. The molecule has 0 unspecified atom stereocenters. The van der Waals surface area contributed by atoms with Crippen LogP contribution >= 0.6 is 11.8 Å². The summed E-state index contributed by atoms with van der Waals surface area (Å²) in [6.07, 6.45) is 2.08. The number of pyridine rings is 1. The summed E-state index contributed by atoms with van der Waals surface area (Å²) in [4.78, 5) is 4.04. The number of nitrogens with one attached hydrogen (secondary N) is 2. The molecule has 118 valence electrons. The summed E-state index contributed by atoms with van der Waals surface area (Å²) in [5.74, 6) is 5.38. The zero-order valence-electron chi connectivity index (χ0n) is 11.8. The van der Waals surface area contributed by atoms with Crippen LogP contribution in [0.4, 0.5) is 24.8 Å². The van der Waals surface area contributed by atoms with Gasteiger partial charge in [0.05, 0.1) is 5.56 Å². The Bertz CT molecular complexity index is 487. The van der Waals surface area contributed by atoms with E-state index < -0.39 is 11.7 Å². The number of nitrogens with zero attached hydrogens (tertiary/aromatic N) is 1. The molecule has 2 rings (SSSR count). The Kier molecular flexibility index (Phi) is 4.88. The first-order chi connectivity index (χ1) is 9.88. The molecule has 4 nitrogen and oxygen atoms in total. The van der Waals surface area contributed by atoms with Gasteiger partial charge >= 0.3 is 6.18 Å². The lowest BCUT2D eigenvalue weighted by Gasteiger charge is -2.27. The Labute approximate surface area is 126 Å². The summed E-state index contributed by atoms with van der Waals surface area (Å²) >= 11 is 1.77. The molecule has 1 fully saturated rings. The maximum absolute atomic E-state index is 12.8. The lowest BCUT2D eigenvalue weighted by molar-refractivity contribution is -0.137. The molecule has 0 amide bonds. The maximum Gasteiger partial charge on any atom is 0.416 e. The highest BCUT2D eigenvalue weighted by Gasteiger charge is 2.34. The number of rotatable bonds is 5. The van der Waals surface area contributed by atoms with Crippen molar-refractivity contribution >= 4 is 23.4 Å². The number of anilines is 2. The highest BCUT2D eigenvalue weighted by molar-refractivity contribution is 8.00. The highest BCUT2D eigenvalue weighted by Crippen LogP contribution is 2.40. The smallest absolute Gasteiger partial charge is 0.369 e. The van der Waals surface area contributed by atoms with Gasteiger partial charge in [-0.1, -0.05) is 12.8 Å². The lowest BCUT2D eigenvalue weighted by Crippen LogP contribution is -2.30. The number of hydrazine groups is 1. The summed E-state index contributed by atoms with van der Waals surface area (Å²) in [5, 5.41) is 3.04. The van der Waals surface area contributed by atoms with Gasteiger partial charge in [-0.2, -0.15) is 24.9 Å². The predicted octanol–water partition coefficient (Wildman–Crippen LogP) is 3.47. The third-order valence-electron chi connectivity index (χ3n) is 3.84. The quantitative estimate of drug-likeness (QED) is 0.573. The van der Waals surface area contributed by atoms with E-state index in [-0.39, 0.29) is 16.4 Å². The fourth-order valence-corrected chi connectivity index (χ4v) is 3.50. The number of halogens is 3. The van der Waals surface area contributed by atoms with Gasteiger partial charge in [-0.15, -0.1) is 0 Å². The lowest BCUT2D eigenvalue weighted by atomic mass is 10.1. The van der Waals surface area contributed by atoms with E-state index in [1.165, 1.54) is 0 Å². The fourth-order valence-electron chi connectivity index (χ4n) is 2.58. The van der Waals surface area contributed by atoms with Crippen molar-refractivity contribution in [2.75, 3.05) is 23.5 Å². The fraction of sp³-hybridized carbons (Fsp3) is 0.615. The van der Waals surface area contributed by atoms with E-state index in [1.54, 1.807) is 11.8 Å². The molecule has 1 aliphatic rings. The second-order valence-corrected chi connectivity index (χ2v) is 6.49. The zero-order chi connectivity index (χ0) is 15.5. The number of aromatic nitrogens is 1. The van der Waals surface area contributed by atoms with Crippen LogP contribution in [0.25, 0.3) is 0 Å². The third kappa shape index (κ3) is 3.94. The van der Waals surface area contributed by atoms with Crippen molar-refractivity contribution in [1.82, 2.24) is 4.98 Å². The average molecular weight is 320 g/mol. The van der Waals surface area contributed by atoms with Crippen molar-refractivity contribution in [3.8, 4) is 0 Å². The number of hydrogen-bond donors (Lipinski definition) is 3. The van der Waals surface area contributed by atoms with Crippen LogP contribution in [0.3, 0.4) is 0 Å². The monoisotopic (exact) mass is 320 g/mol. The normalized spacial score (nSPS) is 17.8. The Hall–Kier alpha value is -1.15. The minimum atomic E-state index is -4.42. The van der Waals surface area contributed by atoms with Crippen LogP contribution < -0.4 is 16.6 Å². The third-order valence-corrected chi connectivity index (χ3v) is 5.26. The van der Waals surface area contributed by atoms with E-state index in [2.05, 4.69) is 15.7 Å². The molecule has 1 aromatic rings. The molecule has 0 saturated heterocycles. The van der Waals surface area contributed by atoms with E-state index in [9.17, 15) is 13.2 Å². The topological polar surface area (TPSA) is 63.0 Å². The molecule has 0 atom stereocenters. The van der Waals surface area contributed by atoms with Gasteiger partial charge < -0.3 is 10.7 Å². The standard InChI is InChI=1S/C13H19F3N4S/c1-21-12(4-2-3-5-12)8-18-10-6-9(13(14,15)16)7-11(19-10)20-17/h6-7H,2-5,8,17H2,1H3,(H2,18,19,20). The molecule has 0 aromatic carbocycles. The van der Waals surface area contributed by atoms with E-state index in [0.29, 0.717) is 6.54 Å². The first-order valence-electron chi connectivity index (χ1n) is 6.73. The van der Waals surface area contributed by atoms with E-state index in [4.69, 9.17) is 5.84 Å². The molecule has 1 aromatic heterocycles. The molecule has 0 bridgehead atoms. The van der Waals surface area contributed by atoms with Crippen molar-refractivity contribution in [1.29, 1.82) is 0 Å². The molecule has 0 spiro atoms. The van der Waals surface area contributed by atoms with Crippen LogP contribution in [0.2, 0.25) is 0 Å². The molecular weight excluding hydrogens is 301 g/mol. The molecule has 1 saturated carbocycles. The van der Waals surface area contributed by atoms with Crippen LogP contribution in [0.15, 0.2) is 12.1 Å². The number of alkyl halides is 3. The largest absolute Gasteiger partial charge is 0.416 e. The van der Waals surface area contributed by atoms with Gasteiger partial charge in [0.1, 0.15) is 11.6 Å². The molecule has 0 radical (unpaired) electrons. The van der Waals surface area contributed by atoms with Crippen LogP contribution in [-0.2, 0) is 6.18 Å². The van der Waals surface area contributed by atoms with Gasteiger partial charge in [-0.25, -0.2) is 10.8 Å². The van der Waals surface area contributed by atoms with Gasteiger partial charge in [-0.3, -0.25) is 0 Å². The van der Waals surface area contributed by atoms with Crippen molar-refractivity contribution in [3.63, 3.8) is 0 Å². The number of nitrogen functional groups attached to an aromatic ring is 1. The highest BCUT2D eigenvalue weighted by atomic mass is 32.2. The predicted molar refractivity (Wildman–Crippen MR) is 80.3 cm³/mol. The van der Waals surface area contributed by atoms with E-state index >= 15 is 0 Å². The summed E-state index contributed by atoms with van der Waals surface area (Å²) in [7, 11) is 0. The summed E-state index contributed by atoms with van der Waals surface area (Å²) in [6.45, 7) is 0.604. The number of thioether (sulfide) groups is 1. The van der Waals surface area contributed by atoms with E-state index in [0.717, 1.165) is 37.8 Å². The Balaban J connectivity index is 2.15. The van der Waals surface area contributed by atoms with Crippen LogP contribution in [0.1, 0.15) is 31.2 Å². The molecule has 1 aliphatic carbocycles. The minimum absolute atomic E-state index is 0.00283. The van der Waals surface area contributed by atoms with Gasteiger partial charge in [-0.05, 0) is 31.2 Å². The second kappa shape index (κ2) is 6.31. The van der Waals surface area contributed by atoms with Crippen molar-refractivity contribution in [3.05, 3.63) is 17.7 Å². The van der Waals surface area contributed by atoms with Gasteiger partial charge in [0.25, 0.3) is 0 Å². The van der Waals surface area contributed by atoms with E-state index in [1.807, 2.05) is 6.26 Å². The molecule has 8 heteroatoms. The summed E-state index contributed by atoms with van der Waals surface area (Å²) in [6, 6.07) is 1.91. The van der Waals surface area contributed by atoms with Crippen LogP contribution in [0, 0.1) is 0 Å². The van der Waals surface area contributed by atoms with Crippen molar-refractivity contribution < 1.29 is 13.2 Å². The zero-order valence-corrected chi connectivity index (χ0v) is 12.6. The SMILES string of the molecule is CSC1(CNc2cc(C(F)(F)F)cc(NN)n2)CCCC1. The number of nitrogens with two attached hydrogens (primary N) is 1. The first-order valence-corrected chi connectivity index (χ1v) is 7.96. The molecule has 4 N–H and O–H groups in total. The molecular formula is C13H19F3N4S. The summed E-state index contributed by atoms with van der Waals surface area (Å²) < 4.78 is 38.6. The Morgan fingerprint density at radius 3 is 2.43 bits per heavy atom. The van der Waals surface area contributed by atoms with Crippen LogP contribution in [-0.4, -0.2) is 22.5 Å². The first kappa shape index (κ1) is 16.2. The number of hydrogen-bond acceptors (Lipinski definition) is 5. The van der Waals surface area contributed by atoms with Crippen molar-refractivity contribution in [2.45, 2.75) is 36.6 Å². The van der Waals surface area contributed by atoms with Gasteiger partial charge in [0, 0.05) is 11.3 Å². The molecule has 0 aliphatic heterocycles. The second-order valence-electron chi connectivity index (χ2n) is 5.22. The Morgan fingerprint density at radius 2 is 1.90 bits per heavy atom. The molecule has 1 heterocycles. The van der Waals surface area contributed by atoms with Crippen LogP contribution in [0.5, 0.6) is 0 Å². The van der Waals surface area contributed by atoms with Crippen molar-refractivity contribution in [2.24, 2.45) is 5.84 Å². The average Bonchev–Trinajstić information content (AvgIpc) is 2.93. The minimum Gasteiger partial charge on any atom is -0.369 e. The molecule has 21 heavy (non-hydrogen) atoms. The van der Waals surface area contributed by atoms with Gasteiger partial charge in [0.2, 0.25) is 0 Å². The Morgan fingerprint density at radius 1 is 1.29 bits per heavy atom. The maximum atomic E-state index is 12.8.